The average molecular weight is 657 g/mol. The number of H-pyrrole nitrogens is 1. The number of ether oxygens (including phenoxy) is 3. The van der Waals surface area contributed by atoms with Crippen molar-refractivity contribution in [2.75, 3.05) is 19.6 Å². The molecular formula is C37H44N4O7. The number of nitrogens with zero attached hydrogens (tertiary/aromatic N) is 2. The van der Waals surface area contributed by atoms with Crippen LogP contribution in [0.25, 0.3) is 11.0 Å². The van der Waals surface area contributed by atoms with Crippen LogP contribution < -0.4 is 11.0 Å². The minimum atomic E-state index is -0.865. The molecule has 0 radical (unpaired) electrons. The van der Waals surface area contributed by atoms with Gasteiger partial charge in [-0.3, -0.25) is 14.2 Å². The molecule has 11 nitrogen and oxygen atoms in total. The van der Waals surface area contributed by atoms with Gasteiger partial charge in [-0.15, -0.1) is 0 Å². The van der Waals surface area contributed by atoms with E-state index < -0.39 is 18.4 Å². The molecule has 2 fully saturated rings. The SMILES string of the molecule is CC(=O)O[C@@H](C)C(=O)NCc1ccc([C@@H]2O[C@H](CN3CCC(n4c(=O)[nH]c5ccccc54)CC3)[C@H](C)[C@H](c3ccc(CO)cc3)O2)cc1. The number of aromatic nitrogens is 2. The first-order valence-electron chi connectivity index (χ1n) is 16.7. The average Bonchev–Trinajstić information content (AvgIpc) is 3.44. The van der Waals surface area contributed by atoms with E-state index in [-0.39, 0.29) is 48.9 Å². The fourth-order valence-electron chi connectivity index (χ4n) is 6.81. The van der Waals surface area contributed by atoms with Gasteiger partial charge in [0.25, 0.3) is 5.91 Å². The second-order valence-corrected chi connectivity index (χ2v) is 12.9. The lowest BCUT2D eigenvalue weighted by molar-refractivity contribution is -0.276. The molecule has 2 aliphatic rings. The molecule has 0 bridgehead atoms. The van der Waals surface area contributed by atoms with Gasteiger partial charge < -0.3 is 34.5 Å². The number of aromatic amines is 1. The molecule has 3 aromatic carbocycles. The highest BCUT2D eigenvalue weighted by atomic mass is 16.7. The van der Waals surface area contributed by atoms with Gasteiger partial charge in [-0.05, 0) is 48.6 Å². The zero-order valence-corrected chi connectivity index (χ0v) is 27.6. The number of nitrogens with one attached hydrogen (secondary N) is 2. The number of piperidine rings is 1. The van der Waals surface area contributed by atoms with Crippen molar-refractivity contribution in [2.24, 2.45) is 5.92 Å². The quantitative estimate of drug-likeness (QED) is 0.212. The third-order valence-electron chi connectivity index (χ3n) is 9.54. The molecule has 5 atom stereocenters. The molecule has 0 aliphatic carbocycles. The zero-order chi connectivity index (χ0) is 33.8. The monoisotopic (exact) mass is 656 g/mol. The molecular weight excluding hydrogens is 612 g/mol. The molecule has 0 unspecified atom stereocenters. The number of imidazole rings is 1. The van der Waals surface area contributed by atoms with E-state index in [9.17, 15) is 19.5 Å². The van der Waals surface area contributed by atoms with E-state index in [1.165, 1.54) is 13.8 Å². The van der Waals surface area contributed by atoms with Gasteiger partial charge in [0.2, 0.25) is 0 Å². The van der Waals surface area contributed by atoms with Gasteiger partial charge in [-0.25, -0.2) is 4.79 Å². The number of aliphatic hydroxyl groups is 1. The third-order valence-corrected chi connectivity index (χ3v) is 9.54. The van der Waals surface area contributed by atoms with Gasteiger partial charge in [0.15, 0.2) is 12.4 Å². The second kappa shape index (κ2) is 14.9. The summed E-state index contributed by atoms with van der Waals surface area (Å²) in [6.07, 6.45) is -0.0937. The summed E-state index contributed by atoms with van der Waals surface area (Å²) in [7, 11) is 0. The number of likely N-dealkylation sites (tertiary alicyclic amines) is 1. The normalized spacial score (nSPS) is 22.8. The molecule has 4 aromatic rings. The molecule has 1 aromatic heterocycles. The Morgan fingerprint density at radius 2 is 1.65 bits per heavy atom. The maximum absolute atomic E-state index is 12.8. The topological polar surface area (TPSA) is 135 Å². The van der Waals surface area contributed by atoms with Gasteiger partial charge in [-0.2, -0.15) is 0 Å². The van der Waals surface area contributed by atoms with Gasteiger partial charge in [0, 0.05) is 50.6 Å². The van der Waals surface area contributed by atoms with Crippen LogP contribution in [-0.4, -0.2) is 63.3 Å². The lowest BCUT2D eigenvalue weighted by atomic mass is 9.89. The molecule has 0 saturated carbocycles. The van der Waals surface area contributed by atoms with Gasteiger partial charge in [0.1, 0.15) is 0 Å². The van der Waals surface area contributed by atoms with Crippen LogP contribution in [0.15, 0.2) is 77.6 Å². The van der Waals surface area contributed by atoms with Crippen molar-refractivity contribution in [3.63, 3.8) is 0 Å². The summed E-state index contributed by atoms with van der Waals surface area (Å²) in [4.78, 5) is 41.7. The molecule has 48 heavy (non-hydrogen) atoms. The van der Waals surface area contributed by atoms with Gasteiger partial charge in [0.05, 0.1) is 29.8 Å². The number of rotatable bonds is 10. The lowest BCUT2D eigenvalue weighted by Crippen LogP contribution is -2.47. The van der Waals surface area contributed by atoms with E-state index in [4.69, 9.17) is 14.2 Å². The number of amides is 1. The molecule has 6 rings (SSSR count). The van der Waals surface area contributed by atoms with E-state index >= 15 is 0 Å². The Kier molecular flexibility index (Phi) is 10.4. The summed E-state index contributed by atoms with van der Waals surface area (Å²) in [6, 6.07) is 23.6. The number of carbonyl (C=O) groups is 2. The first-order chi connectivity index (χ1) is 23.2. The van der Waals surface area contributed by atoms with Crippen molar-refractivity contribution in [2.45, 2.75) is 77.4 Å². The van der Waals surface area contributed by atoms with Crippen LogP contribution in [0.5, 0.6) is 0 Å². The van der Waals surface area contributed by atoms with E-state index in [1.54, 1.807) is 0 Å². The maximum atomic E-state index is 12.8. The predicted octanol–water partition coefficient (Wildman–Crippen LogP) is 4.52. The Hall–Kier alpha value is -4.29. The van der Waals surface area contributed by atoms with Crippen molar-refractivity contribution < 1.29 is 28.9 Å². The Morgan fingerprint density at radius 3 is 2.33 bits per heavy atom. The fraction of sp³-hybridized carbons (Fsp3) is 0.432. The van der Waals surface area contributed by atoms with E-state index in [0.29, 0.717) is 0 Å². The summed E-state index contributed by atoms with van der Waals surface area (Å²) < 4.78 is 20.2. The Labute approximate surface area is 279 Å². The molecule has 2 saturated heterocycles. The predicted molar refractivity (Wildman–Crippen MR) is 180 cm³/mol. The van der Waals surface area contributed by atoms with Crippen LogP contribution in [0.1, 0.15) is 74.3 Å². The number of benzene rings is 3. The molecule has 0 spiro atoms. The summed E-state index contributed by atoms with van der Waals surface area (Å²) >= 11 is 0. The van der Waals surface area contributed by atoms with Gasteiger partial charge in [-0.1, -0.05) is 67.6 Å². The molecule has 3 heterocycles. The van der Waals surface area contributed by atoms with Crippen molar-refractivity contribution in [1.29, 1.82) is 0 Å². The standard InChI is InChI=1S/C37H44N4O7/c1-23-33(21-40-18-16-30(17-19-40)41-32-7-5-4-6-31(32)39-37(41)45)47-36(48-34(23)28-12-10-27(22-42)11-13-28)29-14-8-26(9-15-29)20-38-35(44)24(2)46-25(3)43/h4-15,23-24,30,33-34,36,42H,16-22H2,1-3H3,(H,38,44)(H,39,45)/t23-,24-,33+,34+,36+/m0/s1. The smallest absolute Gasteiger partial charge is 0.326 e. The van der Waals surface area contributed by atoms with E-state index in [1.807, 2.05) is 77.4 Å². The van der Waals surface area contributed by atoms with Crippen LogP contribution >= 0.6 is 0 Å². The summed E-state index contributed by atoms with van der Waals surface area (Å²) in [5.41, 5.74) is 5.38. The van der Waals surface area contributed by atoms with Crippen LogP contribution in [0.2, 0.25) is 0 Å². The Morgan fingerprint density at radius 1 is 0.979 bits per heavy atom. The fourth-order valence-corrected chi connectivity index (χ4v) is 6.81. The number of aliphatic hydroxyl groups excluding tert-OH is 1. The minimum Gasteiger partial charge on any atom is -0.453 e. The zero-order valence-electron chi connectivity index (χ0n) is 27.6. The molecule has 1 amide bonds. The van der Waals surface area contributed by atoms with Crippen LogP contribution in [0.3, 0.4) is 0 Å². The Balaban J connectivity index is 1.14. The number of esters is 1. The van der Waals surface area contributed by atoms with Crippen LogP contribution in [-0.2, 0) is 37.0 Å². The summed E-state index contributed by atoms with van der Waals surface area (Å²) in [6.45, 7) is 7.66. The molecule has 254 valence electrons. The maximum Gasteiger partial charge on any atom is 0.326 e. The molecule has 2 aliphatic heterocycles. The highest BCUT2D eigenvalue weighted by molar-refractivity contribution is 5.82. The molecule has 3 N–H and O–H groups in total. The highest BCUT2D eigenvalue weighted by Gasteiger charge is 2.39. The van der Waals surface area contributed by atoms with Crippen LogP contribution in [0.4, 0.5) is 0 Å². The summed E-state index contributed by atoms with van der Waals surface area (Å²) in [5.74, 6) is -0.821. The van der Waals surface area contributed by atoms with Gasteiger partial charge >= 0.3 is 11.7 Å². The number of hydrogen-bond donors (Lipinski definition) is 3. The third kappa shape index (κ3) is 7.55. The highest BCUT2D eigenvalue weighted by Crippen LogP contribution is 2.42. The van der Waals surface area contributed by atoms with E-state index in [0.717, 1.165) is 65.8 Å². The largest absolute Gasteiger partial charge is 0.453 e. The number of para-hydroxylation sites is 2. The van der Waals surface area contributed by atoms with Crippen molar-refractivity contribution >= 4 is 22.9 Å². The lowest BCUT2D eigenvalue weighted by Gasteiger charge is -2.44. The molecule has 11 heteroatoms. The van der Waals surface area contributed by atoms with Crippen molar-refractivity contribution in [3.05, 3.63) is 106 Å². The minimum absolute atomic E-state index is 0.0220. The number of hydrogen-bond acceptors (Lipinski definition) is 8. The van der Waals surface area contributed by atoms with Crippen molar-refractivity contribution in [1.82, 2.24) is 19.8 Å². The van der Waals surface area contributed by atoms with Crippen LogP contribution in [0, 0.1) is 5.92 Å². The number of carbonyl (C=O) groups excluding carboxylic acids is 2. The van der Waals surface area contributed by atoms with E-state index in [2.05, 4.69) is 22.1 Å². The first kappa shape index (κ1) is 33.6. The van der Waals surface area contributed by atoms with Crippen molar-refractivity contribution in [3.8, 4) is 0 Å². The number of fused-ring (bicyclic) bond motifs is 1. The summed E-state index contributed by atoms with van der Waals surface area (Å²) in [5, 5.41) is 12.4. The second-order valence-electron chi connectivity index (χ2n) is 12.9. The Bertz CT molecular complexity index is 1760. The first-order valence-corrected chi connectivity index (χ1v) is 16.7.